The van der Waals surface area contributed by atoms with Crippen molar-refractivity contribution >= 4 is 5.91 Å². The standard InChI is InChI=1S/C17H26N2O2/c1-3-10-18-14-5-7-15(8-6-14)19-17(21)13-4-9-16(20)12(2)11-13/h4,9,11,14-15,18,20H,3,5-8,10H2,1-2H3,(H,19,21). The summed E-state index contributed by atoms with van der Waals surface area (Å²) in [5, 5.41) is 16.2. The van der Waals surface area contributed by atoms with Crippen molar-refractivity contribution in [3.8, 4) is 5.75 Å². The Labute approximate surface area is 126 Å². The average molecular weight is 290 g/mol. The molecule has 2 rings (SSSR count). The van der Waals surface area contributed by atoms with Gasteiger partial charge in [0.15, 0.2) is 0 Å². The molecule has 4 nitrogen and oxygen atoms in total. The predicted octanol–water partition coefficient (Wildman–Crippen LogP) is 2.74. The summed E-state index contributed by atoms with van der Waals surface area (Å²) in [6.07, 6.45) is 5.48. The molecule has 1 fully saturated rings. The fourth-order valence-corrected chi connectivity index (χ4v) is 2.86. The van der Waals surface area contributed by atoms with Gasteiger partial charge in [-0.3, -0.25) is 4.79 Å². The van der Waals surface area contributed by atoms with E-state index in [1.165, 1.54) is 0 Å². The molecule has 0 atom stereocenters. The molecule has 0 spiro atoms. The van der Waals surface area contributed by atoms with E-state index in [-0.39, 0.29) is 17.7 Å². The molecule has 0 aromatic heterocycles. The Morgan fingerprint density at radius 3 is 2.52 bits per heavy atom. The van der Waals surface area contributed by atoms with E-state index in [9.17, 15) is 9.90 Å². The van der Waals surface area contributed by atoms with E-state index in [2.05, 4.69) is 17.6 Å². The number of hydrogen-bond acceptors (Lipinski definition) is 3. The minimum Gasteiger partial charge on any atom is -0.508 e. The van der Waals surface area contributed by atoms with Gasteiger partial charge in [0.1, 0.15) is 5.75 Å². The van der Waals surface area contributed by atoms with Crippen LogP contribution in [0.25, 0.3) is 0 Å². The number of phenolic OH excluding ortho intramolecular Hbond substituents is 1. The van der Waals surface area contributed by atoms with Gasteiger partial charge in [0.05, 0.1) is 0 Å². The van der Waals surface area contributed by atoms with Crippen LogP contribution in [-0.4, -0.2) is 29.6 Å². The molecule has 3 N–H and O–H groups in total. The van der Waals surface area contributed by atoms with Crippen LogP contribution >= 0.6 is 0 Å². The van der Waals surface area contributed by atoms with E-state index in [4.69, 9.17) is 0 Å². The van der Waals surface area contributed by atoms with Gasteiger partial charge in [-0.25, -0.2) is 0 Å². The van der Waals surface area contributed by atoms with Gasteiger partial charge >= 0.3 is 0 Å². The fraction of sp³-hybridized carbons (Fsp3) is 0.588. The fourth-order valence-electron chi connectivity index (χ4n) is 2.86. The topological polar surface area (TPSA) is 61.4 Å². The van der Waals surface area contributed by atoms with Crippen molar-refractivity contribution in [2.45, 2.75) is 58.0 Å². The molecule has 0 unspecified atom stereocenters. The zero-order valence-corrected chi connectivity index (χ0v) is 13.0. The minimum atomic E-state index is -0.0388. The molecule has 4 heteroatoms. The highest BCUT2D eigenvalue weighted by atomic mass is 16.3. The molecule has 1 aromatic carbocycles. The highest BCUT2D eigenvalue weighted by molar-refractivity contribution is 5.94. The summed E-state index contributed by atoms with van der Waals surface area (Å²) in [6, 6.07) is 5.86. The largest absolute Gasteiger partial charge is 0.508 e. The summed E-state index contributed by atoms with van der Waals surface area (Å²) >= 11 is 0. The van der Waals surface area contributed by atoms with Gasteiger partial charge in [-0.2, -0.15) is 0 Å². The number of nitrogens with one attached hydrogen (secondary N) is 2. The highest BCUT2D eigenvalue weighted by Crippen LogP contribution is 2.20. The smallest absolute Gasteiger partial charge is 0.251 e. The molecule has 0 heterocycles. The molecule has 116 valence electrons. The van der Waals surface area contributed by atoms with Crippen molar-refractivity contribution in [3.63, 3.8) is 0 Å². The number of carbonyl (C=O) groups excluding carboxylic acids is 1. The summed E-state index contributed by atoms with van der Waals surface area (Å²) in [7, 11) is 0. The third-order valence-corrected chi connectivity index (χ3v) is 4.20. The summed E-state index contributed by atoms with van der Waals surface area (Å²) in [4.78, 5) is 12.2. The number of aryl methyl sites for hydroxylation is 1. The van der Waals surface area contributed by atoms with E-state index in [0.29, 0.717) is 11.6 Å². The molecular weight excluding hydrogens is 264 g/mol. The van der Waals surface area contributed by atoms with E-state index in [1.54, 1.807) is 25.1 Å². The third-order valence-electron chi connectivity index (χ3n) is 4.20. The maximum absolute atomic E-state index is 12.2. The van der Waals surface area contributed by atoms with Crippen LogP contribution in [0.4, 0.5) is 0 Å². The van der Waals surface area contributed by atoms with Crippen molar-refractivity contribution in [3.05, 3.63) is 29.3 Å². The molecule has 0 aliphatic heterocycles. The molecule has 1 aromatic rings. The number of amides is 1. The lowest BCUT2D eigenvalue weighted by molar-refractivity contribution is 0.0924. The van der Waals surface area contributed by atoms with E-state index in [0.717, 1.165) is 44.2 Å². The molecule has 1 aliphatic rings. The lowest BCUT2D eigenvalue weighted by atomic mass is 9.91. The highest BCUT2D eigenvalue weighted by Gasteiger charge is 2.22. The zero-order valence-electron chi connectivity index (χ0n) is 13.0. The second-order valence-electron chi connectivity index (χ2n) is 5.98. The van der Waals surface area contributed by atoms with E-state index in [1.807, 2.05) is 0 Å². The van der Waals surface area contributed by atoms with Gasteiger partial charge in [0.25, 0.3) is 5.91 Å². The summed E-state index contributed by atoms with van der Waals surface area (Å²) in [6.45, 7) is 5.06. The number of hydrogen-bond donors (Lipinski definition) is 3. The van der Waals surface area contributed by atoms with Gasteiger partial charge in [0.2, 0.25) is 0 Å². The first-order valence-electron chi connectivity index (χ1n) is 7.94. The quantitative estimate of drug-likeness (QED) is 0.781. The van der Waals surface area contributed by atoms with E-state index >= 15 is 0 Å². The molecule has 1 amide bonds. The molecule has 21 heavy (non-hydrogen) atoms. The first kappa shape index (κ1) is 15.8. The molecular formula is C17H26N2O2. The van der Waals surface area contributed by atoms with Crippen LogP contribution in [0.5, 0.6) is 5.75 Å². The Kier molecular flexibility index (Phi) is 5.62. The van der Waals surface area contributed by atoms with Crippen LogP contribution in [0.1, 0.15) is 54.9 Å². The first-order chi connectivity index (χ1) is 10.1. The van der Waals surface area contributed by atoms with Crippen LogP contribution in [0.3, 0.4) is 0 Å². The van der Waals surface area contributed by atoms with Crippen LogP contribution in [-0.2, 0) is 0 Å². The van der Waals surface area contributed by atoms with Crippen molar-refractivity contribution in [1.82, 2.24) is 10.6 Å². The van der Waals surface area contributed by atoms with Crippen molar-refractivity contribution in [1.29, 1.82) is 0 Å². The van der Waals surface area contributed by atoms with Gasteiger partial charge < -0.3 is 15.7 Å². The Morgan fingerprint density at radius 1 is 1.24 bits per heavy atom. The van der Waals surface area contributed by atoms with Crippen LogP contribution in [0.15, 0.2) is 18.2 Å². The SMILES string of the molecule is CCCNC1CCC(NC(=O)c2ccc(O)c(C)c2)CC1. The maximum Gasteiger partial charge on any atom is 0.251 e. The van der Waals surface area contributed by atoms with E-state index < -0.39 is 0 Å². The minimum absolute atomic E-state index is 0.0388. The Morgan fingerprint density at radius 2 is 1.90 bits per heavy atom. The number of carbonyl (C=O) groups is 1. The Balaban J connectivity index is 1.82. The summed E-state index contributed by atoms with van der Waals surface area (Å²) in [5.41, 5.74) is 1.35. The second kappa shape index (κ2) is 7.46. The van der Waals surface area contributed by atoms with Gasteiger partial charge in [-0.15, -0.1) is 0 Å². The lowest BCUT2D eigenvalue weighted by Crippen LogP contribution is -2.42. The maximum atomic E-state index is 12.2. The number of benzene rings is 1. The van der Waals surface area contributed by atoms with Gasteiger partial charge in [-0.05, 0) is 69.3 Å². The van der Waals surface area contributed by atoms with Crippen molar-refractivity contribution in [2.24, 2.45) is 0 Å². The number of phenols is 1. The molecule has 1 aliphatic carbocycles. The Bertz CT molecular complexity index is 480. The normalized spacial score (nSPS) is 22.0. The monoisotopic (exact) mass is 290 g/mol. The summed E-state index contributed by atoms with van der Waals surface area (Å²) < 4.78 is 0. The third kappa shape index (κ3) is 4.46. The molecule has 0 saturated heterocycles. The average Bonchev–Trinajstić information content (AvgIpc) is 2.49. The molecule has 0 bridgehead atoms. The Hall–Kier alpha value is -1.55. The zero-order chi connectivity index (χ0) is 15.2. The lowest BCUT2D eigenvalue weighted by Gasteiger charge is -2.29. The number of aromatic hydroxyl groups is 1. The van der Waals surface area contributed by atoms with Crippen molar-refractivity contribution in [2.75, 3.05) is 6.54 Å². The molecule has 1 saturated carbocycles. The first-order valence-corrected chi connectivity index (χ1v) is 7.94. The second-order valence-corrected chi connectivity index (χ2v) is 5.98. The molecule has 0 radical (unpaired) electrons. The summed E-state index contributed by atoms with van der Waals surface area (Å²) in [5.74, 6) is 0.192. The van der Waals surface area contributed by atoms with Crippen LogP contribution in [0, 0.1) is 6.92 Å². The predicted molar refractivity (Wildman–Crippen MR) is 84.6 cm³/mol. The van der Waals surface area contributed by atoms with Crippen LogP contribution < -0.4 is 10.6 Å². The van der Waals surface area contributed by atoms with Crippen LogP contribution in [0.2, 0.25) is 0 Å². The van der Waals surface area contributed by atoms with Gasteiger partial charge in [-0.1, -0.05) is 6.92 Å². The number of rotatable bonds is 5. The van der Waals surface area contributed by atoms with Gasteiger partial charge in [0, 0.05) is 17.6 Å². The van der Waals surface area contributed by atoms with Crippen molar-refractivity contribution < 1.29 is 9.90 Å².